The molecule has 0 unspecified atom stereocenters. The molecule has 0 saturated heterocycles. The Balaban J connectivity index is 1.84. The van der Waals surface area contributed by atoms with Gasteiger partial charge < -0.3 is 20.3 Å². The van der Waals surface area contributed by atoms with Gasteiger partial charge in [0.15, 0.2) is 0 Å². The largest absolute Gasteiger partial charge is 0.481 e. The first-order valence-corrected chi connectivity index (χ1v) is 8.96. The maximum absolute atomic E-state index is 12.1. The second-order valence-corrected chi connectivity index (χ2v) is 5.95. The lowest BCUT2D eigenvalue weighted by molar-refractivity contribution is -0.130. The van der Waals surface area contributed by atoms with Crippen molar-refractivity contribution in [1.29, 1.82) is 0 Å². The number of pyridine rings is 1. The van der Waals surface area contributed by atoms with Crippen molar-refractivity contribution in [1.82, 2.24) is 15.2 Å². The highest BCUT2D eigenvalue weighted by Crippen LogP contribution is 2.12. The first kappa shape index (κ1) is 20.2. The third kappa shape index (κ3) is 6.29. The molecular formula is C20H26N4O3. The third-order valence-electron chi connectivity index (χ3n) is 4.14. The zero-order valence-electron chi connectivity index (χ0n) is 16.0. The number of hydrogen-bond donors (Lipinski definition) is 2. The summed E-state index contributed by atoms with van der Waals surface area (Å²) in [5.41, 5.74) is 2.47. The lowest BCUT2D eigenvalue weighted by Gasteiger charge is -2.18. The molecule has 2 rings (SSSR count). The molecule has 0 atom stereocenters. The molecular weight excluding hydrogens is 344 g/mol. The zero-order valence-corrected chi connectivity index (χ0v) is 16.0. The molecule has 0 aliphatic heterocycles. The topological polar surface area (TPSA) is 83.6 Å². The maximum Gasteiger partial charge on any atom is 0.319 e. The molecule has 0 fully saturated rings. The van der Waals surface area contributed by atoms with Gasteiger partial charge in [-0.3, -0.25) is 4.79 Å². The highest BCUT2D eigenvalue weighted by molar-refractivity contribution is 5.89. The maximum atomic E-state index is 12.1. The van der Waals surface area contributed by atoms with E-state index in [9.17, 15) is 9.59 Å². The van der Waals surface area contributed by atoms with Gasteiger partial charge in [-0.1, -0.05) is 12.1 Å². The summed E-state index contributed by atoms with van der Waals surface area (Å²) in [6, 6.07) is 10.6. The van der Waals surface area contributed by atoms with Crippen molar-refractivity contribution in [3.8, 4) is 5.88 Å². The molecule has 3 amide bonds. The molecule has 0 radical (unpaired) electrons. The average Bonchev–Trinajstić information content (AvgIpc) is 2.69. The van der Waals surface area contributed by atoms with Crippen LogP contribution in [0.5, 0.6) is 5.88 Å². The molecule has 7 nitrogen and oxygen atoms in total. The number of nitrogens with one attached hydrogen (secondary N) is 2. The fourth-order valence-electron chi connectivity index (χ4n) is 2.60. The first-order chi connectivity index (χ1) is 13.0. The molecule has 1 aromatic heterocycles. The van der Waals surface area contributed by atoms with Crippen LogP contribution in [0.25, 0.3) is 0 Å². The Morgan fingerprint density at radius 3 is 2.41 bits per heavy atom. The van der Waals surface area contributed by atoms with Gasteiger partial charge in [-0.15, -0.1) is 0 Å². The van der Waals surface area contributed by atoms with Crippen LogP contribution in [0.3, 0.4) is 0 Å². The van der Waals surface area contributed by atoms with Crippen molar-refractivity contribution in [2.24, 2.45) is 0 Å². The number of ether oxygens (including phenoxy) is 1. The number of amides is 3. The van der Waals surface area contributed by atoms with Crippen molar-refractivity contribution in [2.75, 3.05) is 25.5 Å². The molecule has 0 spiro atoms. The Bertz CT molecular complexity index is 758. The second kappa shape index (κ2) is 10.2. The molecule has 0 saturated carbocycles. The van der Waals surface area contributed by atoms with Gasteiger partial charge >= 0.3 is 6.03 Å². The summed E-state index contributed by atoms with van der Waals surface area (Å²) in [5.74, 6) is 0.607. The second-order valence-electron chi connectivity index (χ2n) is 5.95. The number of nitrogens with zero attached hydrogens (tertiary/aromatic N) is 2. The van der Waals surface area contributed by atoms with Crippen LogP contribution in [0.15, 0.2) is 42.6 Å². The van der Waals surface area contributed by atoms with E-state index in [1.54, 1.807) is 36.4 Å². The van der Waals surface area contributed by atoms with Crippen molar-refractivity contribution >= 4 is 17.6 Å². The summed E-state index contributed by atoms with van der Waals surface area (Å²) >= 11 is 0. The Morgan fingerprint density at radius 2 is 1.78 bits per heavy atom. The van der Waals surface area contributed by atoms with Crippen LogP contribution in [-0.2, 0) is 17.8 Å². The number of rotatable bonds is 8. The van der Waals surface area contributed by atoms with Gasteiger partial charge in [-0.05, 0) is 43.2 Å². The summed E-state index contributed by atoms with van der Waals surface area (Å²) in [7, 11) is 1.55. The minimum atomic E-state index is -0.308. The smallest absolute Gasteiger partial charge is 0.319 e. The summed E-state index contributed by atoms with van der Waals surface area (Å²) in [4.78, 5) is 30.0. The van der Waals surface area contributed by atoms with Crippen LogP contribution in [0, 0.1) is 0 Å². The monoisotopic (exact) mass is 370 g/mol. The number of anilines is 1. The van der Waals surface area contributed by atoms with Gasteiger partial charge in [0.05, 0.1) is 13.5 Å². The molecule has 1 aromatic carbocycles. The van der Waals surface area contributed by atoms with Gasteiger partial charge in [0, 0.05) is 37.6 Å². The molecule has 144 valence electrons. The Morgan fingerprint density at radius 1 is 1.07 bits per heavy atom. The predicted molar refractivity (Wildman–Crippen MR) is 105 cm³/mol. The fourth-order valence-corrected chi connectivity index (χ4v) is 2.60. The molecule has 0 aliphatic carbocycles. The predicted octanol–water partition coefficient (Wildman–Crippen LogP) is 2.82. The van der Waals surface area contributed by atoms with E-state index < -0.39 is 0 Å². The summed E-state index contributed by atoms with van der Waals surface area (Å²) in [6.07, 6.45) is 1.99. The first-order valence-electron chi connectivity index (χ1n) is 8.96. The van der Waals surface area contributed by atoms with Gasteiger partial charge in [0.2, 0.25) is 11.8 Å². The number of likely N-dealkylation sites (N-methyl/N-ethyl adjacent to an activating group) is 1. The Labute approximate surface area is 159 Å². The normalized spacial score (nSPS) is 10.2. The molecule has 0 aliphatic rings. The SMILES string of the molecule is CCN(CC)C(=O)Cc1ccc(NC(=O)NCc2ccnc(OC)c2)cc1. The van der Waals surface area contributed by atoms with Crippen molar-refractivity contribution < 1.29 is 14.3 Å². The van der Waals surface area contributed by atoms with E-state index in [0.29, 0.717) is 37.6 Å². The van der Waals surface area contributed by atoms with Gasteiger partial charge in [0.1, 0.15) is 0 Å². The number of carbonyl (C=O) groups excluding carboxylic acids is 2. The third-order valence-corrected chi connectivity index (χ3v) is 4.14. The highest BCUT2D eigenvalue weighted by Gasteiger charge is 2.10. The van der Waals surface area contributed by atoms with E-state index >= 15 is 0 Å². The molecule has 2 aromatic rings. The lowest BCUT2D eigenvalue weighted by atomic mass is 10.1. The van der Waals surface area contributed by atoms with Crippen LogP contribution in [-0.4, -0.2) is 42.0 Å². The molecule has 1 heterocycles. The van der Waals surface area contributed by atoms with E-state index in [2.05, 4.69) is 15.6 Å². The minimum absolute atomic E-state index is 0.103. The molecule has 2 N–H and O–H groups in total. The van der Waals surface area contributed by atoms with E-state index in [1.807, 2.05) is 32.0 Å². The number of hydrogen-bond acceptors (Lipinski definition) is 4. The van der Waals surface area contributed by atoms with Gasteiger partial charge in [-0.25, -0.2) is 9.78 Å². The van der Waals surface area contributed by atoms with Crippen LogP contribution in [0.1, 0.15) is 25.0 Å². The zero-order chi connectivity index (χ0) is 19.6. The number of carbonyl (C=O) groups is 2. The van der Waals surface area contributed by atoms with E-state index in [0.717, 1.165) is 11.1 Å². The van der Waals surface area contributed by atoms with Gasteiger partial charge in [0.25, 0.3) is 0 Å². The standard InChI is InChI=1S/C20H26N4O3/c1-4-24(5-2)19(25)13-15-6-8-17(9-7-15)23-20(26)22-14-16-10-11-21-18(12-16)27-3/h6-12H,4-5,13-14H2,1-3H3,(H2,22,23,26). The van der Waals surface area contributed by atoms with Crippen molar-refractivity contribution in [3.05, 3.63) is 53.7 Å². The summed E-state index contributed by atoms with van der Waals surface area (Å²) < 4.78 is 5.06. The number of methoxy groups -OCH3 is 1. The summed E-state index contributed by atoms with van der Waals surface area (Å²) in [5, 5.41) is 5.56. The van der Waals surface area contributed by atoms with Crippen LogP contribution >= 0.6 is 0 Å². The van der Waals surface area contributed by atoms with Crippen LogP contribution in [0.4, 0.5) is 10.5 Å². The Hall–Kier alpha value is -3.09. The number of aromatic nitrogens is 1. The molecule has 7 heteroatoms. The lowest BCUT2D eigenvalue weighted by Crippen LogP contribution is -2.31. The quantitative estimate of drug-likeness (QED) is 0.748. The molecule has 27 heavy (non-hydrogen) atoms. The van der Waals surface area contributed by atoms with Crippen molar-refractivity contribution in [2.45, 2.75) is 26.8 Å². The van der Waals surface area contributed by atoms with Gasteiger partial charge in [-0.2, -0.15) is 0 Å². The number of urea groups is 1. The van der Waals surface area contributed by atoms with E-state index in [-0.39, 0.29) is 11.9 Å². The average molecular weight is 370 g/mol. The highest BCUT2D eigenvalue weighted by atomic mass is 16.5. The van der Waals surface area contributed by atoms with E-state index in [4.69, 9.17) is 4.74 Å². The Kier molecular flexibility index (Phi) is 7.61. The summed E-state index contributed by atoms with van der Waals surface area (Å²) in [6.45, 7) is 5.71. The number of benzene rings is 1. The van der Waals surface area contributed by atoms with Crippen molar-refractivity contribution in [3.63, 3.8) is 0 Å². The minimum Gasteiger partial charge on any atom is -0.481 e. The fraction of sp³-hybridized carbons (Fsp3) is 0.350. The van der Waals surface area contributed by atoms with E-state index in [1.165, 1.54) is 0 Å². The molecule has 0 bridgehead atoms. The van der Waals surface area contributed by atoms with Crippen LogP contribution < -0.4 is 15.4 Å². The van der Waals surface area contributed by atoms with Crippen LogP contribution in [0.2, 0.25) is 0 Å².